The molecule has 14 nitrogen and oxygen atoms in total. The van der Waals surface area contributed by atoms with Gasteiger partial charge < -0.3 is 29.2 Å². The average molecular weight is 681 g/mol. The van der Waals surface area contributed by atoms with Gasteiger partial charge in [0.1, 0.15) is 0 Å². The standard InChI is InChI=1S/C33H40N4O10Si/c1-19-31(48(3,4)45)27(15-28(40)34-13-5-6-24(34)18-38)47-33(19)25-14-23(37(43)44)11-12-26(25)35(32(33)42)17-21-7-9-22(10-8-21)36-29(41)16-30(36)46-20(2)39/h7-12,14,19,24,27,30-31,38,45H,5-6,13,15-18H2,1-4H3/t19-,24+,27+,30?,31-,33+/m1/s1. The minimum absolute atomic E-state index is 0.0727. The van der Waals surface area contributed by atoms with Gasteiger partial charge in [-0.3, -0.25) is 34.2 Å². The molecule has 6 rings (SSSR count). The number of ether oxygens (including phenoxy) is 2. The van der Waals surface area contributed by atoms with Crippen molar-refractivity contribution >= 4 is 49.1 Å². The summed E-state index contributed by atoms with van der Waals surface area (Å²) in [7, 11) is -3.11. The number of nitro groups is 1. The molecule has 1 unspecified atom stereocenters. The number of hydrogen-bond donors (Lipinski definition) is 2. The number of nitrogens with zero attached hydrogens (tertiary/aromatic N) is 4. The van der Waals surface area contributed by atoms with Crippen LogP contribution in [0.4, 0.5) is 17.1 Å². The van der Waals surface area contributed by atoms with Crippen LogP contribution in [0.25, 0.3) is 0 Å². The molecule has 4 aliphatic heterocycles. The van der Waals surface area contributed by atoms with E-state index in [1.807, 2.05) is 0 Å². The highest BCUT2D eigenvalue weighted by Gasteiger charge is 2.66. The first-order valence-electron chi connectivity index (χ1n) is 16.2. The van der Waals surface area contributed by atoms with Gasteiger partial charge in [0.15, 0.2) is 20.1 Å². The molecule has 2 aromatic carbocycles. The van der Waals surface area contributed by atoms with E-state index in [0.29, 0.717) is 35.5 Å². The number of nitro benzene ring substituents is 1. The maximum absolute atomic E-state index is 14.7. The number of amides is 3. The summed E-state index contributed by atoms with van der Waals surface area (Å²) in [6.45, 7) is 6.97. The molecule has 6 atom stereocenters. The van der Waals surface area contributed by atoms with Crippen molar-refractivity contribution in [3.05, 3.63) is 63.7 Å². The second kappa shape index (κ2) is 12.4. The maximum atomic E-state index is 14.7. The zero-order valence-corrected chi connectivity index (χ0v) is 28.3. The van der Waals surface area contributed by atoms with Gasteiger partial charge in [0.2, 0.25) is 11.8 Å². The Kier molecular flexibility index (Phi) is 8.68. The van der Waals surface area contributed by atoms with Crippen LogP contribution in [0.15, 0.2) is 42.5 Å². The van der Waals surface area contributed by atoms with Crippen molar-refractivity contribution in [1.82, 2.24) is 4.90 Å². The fourth-order valence-electron chi connectivity index (χ4n) is 8.11. The van der Waals surface area contributed by atoms with Crippen molar-refractivity contribution in [2.24, 2.45) is 5.92 Å². The fourth-order valence-corrected chi connectivity index (χ4v) is 10.7. The van der Waals surface area contributed by atoms with Crippen LogP contribution in [0.1, 0.15) is 50.7 Å². The van der Waals surface area contributed by atoms with Gasteiger partial charge in [-0.1, -0.05) is 19.1 Å². The average Bonchev–Trinajstić information content (AvgIpc) is 3.67. The van der Waals surface area contributed by atoms with E-state index in [-0.39, 0.29) is 49.5 Å². The van der Waals surface area contributed by atoms with E-state index in [0.717, 1.165) is 6.42 Å². The van der Waals surface area contributed by atoms with E-state index in [9.17, 15) is 39.2 Å². The summed E-state index contributed by atoms with van der Waals surface area (Å²) >= 11 is 0. The Labute approximate surface area is 278 Å². The molecular weight excluding hydrogens is 640 g/mol. The highest BCUT2D eigenvalue weighted by Crippen LogP contribution is 2.60. The fraction of sp³-hybridized carbons (Fsp3) is 0.515. The first-order valence-corrected chi connectivity index (χ1v) is 19.2. The number of aliphatic hydroxyl groups is 1. The van der Waals surface area contributed by atoms with E-state index in [1.54, 1.807) is 49.2 Å². The quantitative estimate of drug-likeness (QED) is 0.131. The lowest BCUT2D eigenvalue weighted by molar-refractivity contribution is -0.385. The van der Waals surface area contributed by atoms with Crippen LogP contribution in [0.2, 0.25) is 18.6 Å². The summed E-state index contributed by atoms with van der Waals surface area (Å²) in [5, 5.41) is 21.7. The minimum atomic E-state index is -3.11. The van der Waals surface area contributed by atoms with Crippen LogP contribution < -0.4 is 9.80 Å². The molecule has 0 radical (unpaired) electrons. The van der Waals surface area contributed by atoms with E-state index in [2.05, 4.69) is 0 Å². The number of fused-ring (bicyclic) bond motifs is 2. The number of rotatable bonds is 9. The molecule has 3 amide bonds. The van der Waals surface area contributed by atoms with Gasteiger partial charge in [-0.05, 0) is 49.7 Å². The maximum Gasteiger partial charge on any atom is 0.304 e. The Balaban J connectivity index is 1.33. The Morgan fingerprint density at radius 2 is 1.88 bits per heavy atom. The van der Waals surface area contributed by atoms with Gasteiger partial charge in [-0.15, -0.1) is 0 Å². The molecule has 4 aliphatic rings. The lowest BCUT2D eigenvalue weighted by Gasteiger charge is -2.39. The van der Waals surface area contributed by atoms with Crippen molar-refractivity contribution in [3.8, 4) is 0 Å². The van der Waals surface area contributed by atoms with Crippen LogP contribution in [0.5, 0.6) is 0 Å². The number of non-ortho nitro benzene ring substituents is 1. The zero-order chi connectivity index (χ0) is 34.7. The zero-order valence-electron chi connectivity index (χ0n) is 27.3. The SMILES string of the molecule is CC(=O)OC1CC(=O)N1c1ccc(CN2C(=O)[C@@]3(O[C@@H](CC(=O)N4CCC[C@H]4CO)[C@H]([Si](C)(C)O)[C@H]3C)c3cc([N+](=O)[O-])ccc32)cc1. The molecule has 2 N–H and O–H groups in total. The van der Waals surface area contributed by atoms with E-state index < -0.39 is 54.5 Å². The second-order valence-electron chi connectivity index (χ2n) is 13.7. The number of hydrogen-bond acceptors (Lipinski definition) is 10. The lowest BCUT2D eigenvalue weighted by atomic mass is 9.82. The van der Waals surface area contributed by atoms with Crippen LogP contribution in [0.3, 0.4) is 0 Å². The number of carbonyl (C=O) groups is 4. The molecule has 2 aromatic rings. The van der Waals surface area contributed by atoms with Crippen molar-refractivity contribution < 1.29 is 43.5 Å². The highest BCUT2D eigenvalue weighted by molar-refractivity contribution is 6.71. The van der Waals surface area contributed by atoms with Crippen molar-refractivity contribution in [2.75, 3.05) is 23.0 Å². The normalized spacial score (nSPS) is 28.2. The smallest absolute Gasteiger partial charge is 0.304 e. The number of aliphatic hydroxyl groups excluding tert-OH is 1. The number of likely N-dealkylation sites (tertiary alicyclic amines) is 1. The number of anilines is 2. The van der Waals surface area contributed by atoms with Crippen LogP contribution in [0, 0.1) is 16.0 Å². The number of carbonyl (C=O) groups excluding carboxylic acids is 4. The third kappa shape index (κ3) is 5.57. The Morgan fingerprint density at radius 1 is 1.17 bits per heavy atom. The lowest BCUT2D eigenvalue weighted by Crippen LogP contribution is -2.54. The largest absolute Gasteiger partial charge is 0.441 e. The van der Waals surface area contributed by atoms with Crippen molar-refractivity contribution in [3.63, 3.8) is 0 Å². The molecule has 256 valence electrons. The molecule has 3 fully saturated rings. The Bertz CT molecular complexity index is 1660. The van der Waals surface area contributed by atoms with Gasteiger partial charge in [0.25, 0.3) is 11.6 Å². The third-order valence-corrected chi connectivity index (χ3v) is 12.7. The first kappa shape index (κ1) is 33.7. The summed E-state index contributed by atoms with van der Waals surface area (Å²) in [4.78, 5) is 79.4. The summed E-state index contributed by atoms with van der Waals surface area (Å²) in [5.74, 6) is -2.00. The molecule has 4 heterocycles. The summed E-state index contributed by atoms with van der Waals surface area (Å²) in [5.41, 5.74) is -0.505. The number of β-lactam (4-membered cyclic amide) rings is 1. The highest BCUT2D eigenvalue weighted by atomic mass is 28.4. The molecule has 48 heavy (non-hydrogen) atoms. The molecule has 0 bridgehead atoms. The summed E-state index contributed by atoms with van der Waals surface area (Å²) in [6.07, 6.45) is -0.0882. The molecule has 0 saturated carbocycles. The topological polar surface area (TPSA) is 180 Å². The molecule has 0 aliphatic carbocycles. The van der Waals surface area contributed by atoms with Gasteiger partial charge in [0, 0.05) is 48.3 Å². The monoisotopic (exact) mass is 680 g/mol. The predicted molar refractivity (Wildman–Crippen MR) is 174 cm³/mol. The second-order valence-corrected chi connectivity index (χ2v) is 17.7. The predicted octanol–water partition coefficient (Wildman–Crippen LogP) is 2.94. The number of benzene rings is 2. The van der Waals surface area contributed by atoms with E-state index in [1.165, 1.54) is 34.9 Å². The third-order valence-electron chi connectivity index (χ3n) is 10.2. The van der Waals surface area contributed by atoms with Gasteiger partial charge in [-0.25, -0.2) is 0 Å². The van der Waals surface area contributed by atoms with Crippen LogP contribution in [-0.4, -0.2) is 83.3 Å². The first-order chi connectivity index (χ1) is 22.7. The molecule has 0 aromatic heterocycles. The molecule has 15 heteroatoms. The van der Waals surface area contributed by atoms with Crippen LogP contribution in [-0.2, 0) is 40.8 Å². The Morgan fingerprint density at radius 3 is 2.48 bits per heavy atom. The summed E-state index contributed by atoms with van der Waals surface area (Å²) < 4.78 is 11.9. The van der Waals surface area contributed by atoms with E-state index >= 15 is 0 Å². The molecular formula is C33H40N4O10Si. The molecule has 1 spiro atoms. The minimum Gasteiger partial charge on any atom is -0.441 e. The van der Waals surface area contributed by atoms with E-state index in [4.69, 9.17) is 9.47 Å². The number of esters is 1. The van der Waals surface area contributed by atoms with Gasteiger partial charge >= 0.3 is 5.97 Å². The molecule has 3 saturated heterocycles. The Hall–Kier alpha value is -4.18. The van der Waals surface area contributed by atoms with Crippen molar-refractivity contribution in [2.45, 2.75) is 88.7 Å². The van der Waals surface area contributed by atoms with Crippen molar-refractivity contribution in [1.29, 1.82) is 0 Å². The van der Waals surface area contributed by atoms with Crippen LogP contribution >= 0.6 is 0 Å². The van der Waals surface area contributed by atoms with Gasteiger partial charge in [-0.2, -0.15) is 0 Å². The van der Waals surface area contributed by atoms with Gasteiger partial charge in [0.05, 0.1) is 48.7 Å². The summed E-state index contributed by atoms with van der Waals surface area (Å²) in [6, 6.07) is 10.8.